The van der Waals surface area contributed by atoms with Gasteiger partial charge in [-0.3, -0.25) is 9.10 Å². The summed E-state index contributed by atoms with van der Waals surface area (Å²) in [6.45, 7) is 0.649. The van der Waals surface area contributed by atoms with Crippen LogP contribution in [0.4, 0.5) is 5.69 Å². The summed E-state index contributed by atoms with van der Waals surface area (Å²) in [5, 5.41) is 0. The third-order valence-electron chi connectivity index (χ3n) is 4.54. The van der Waals surface area contributed by atoms with Gasteiger partial charge in [0.2, 0.25) is 15.9 Å². The van der Waals surface area contributed by atoms with Gasteiger partial charge in [-0.05, 0) is 36.8 Å². The second kappa shape index (κ2) is 10.2. The number of carbonyl (C=O) groups is 1. The van der Waals surface area contributed by atoms with Crippen LogP contribution in [0.1, 0.15) is 18.4 Å². The number of para-hydroxylation sites is 1. The molecule has 7 nitrogen and oxygen atoms in total. The zero-order valence-electron chi connectivity index (χ0n) is 17.3. The molecule has 0 aliphatic rings. The number of methoxy groups -OCH3 is 2. The molecule has 0 atom stereocenters. The van der Waals surface area contributed by atoms with E-state index < -0.39 is 10.0 Å². The van der Waals surface area contributed by atoms with Gasteiger partial charge in [0.15, 0.2) is 0 Å². The maximum Gasteiger partial charge on any atom is 0.232 e. The fraction of sp³-hybridized carbons (Fsp3) is 0.381. The Bertz CT molecular complexity index is 913. The number of sulfonamides is 1. The average molecular weight is 421 g/mol. The SMILES string of the molecule is COc1ccc(N(CCCC(=O)N(C)Cc2ccccc2OC)S(C)(=O)=O)cc1. The van der Waals surface area contributed by atoms with Gasteiger partial charge < -0.3 is 14.4 Å². The molecule has 2 aromatic rings. The van der Waals surface area contributed by atoms with Crippen molar-refractivity contribution in [2.75, 3.05) is 38.4 Å². The van der Waals surface area contributed by atoms with Crippen LogP contribution in [0.25, 0.3) is 0 Å². The van der Waals surface area contributed by atoms with E-state index >= 15 is 0 Å². The predicted molar refractivity (Wildman–Crippen MR) is 114 cm³/mol. The highest BCUT2D eigenvalue weighted by Gasteiger charge is 2.19. The Morgan fingerprint density at radius 1 is 1.00 bits per heavy atom. The topological polar surface area (TPSA) is 76.2 Å². The maximum atomic E-state index is 12.5. The lowest BCUT2D eigenvalue weighted by Crippen LogP contribution is -2.32. The highest BCUT2D eigenvalue weighted by Crippen LogP contribution is 2.22. The van der Waals surface area contributed by atoms with E-state index in [-0.39, 0.29) is 18.9 Å². The molecule has 0 aromatic heterocycles. The lowest BCUT2D eigenvalue weighted by Gasteiger charge is -2.23. The smallest absolute Gasteiger partial charge is 0.232 e. The quantitative estimate of drug-likeness (QED) is 0.591. The molecule has 0 N–H and O–H groups in total. The van der Waals surface area contributed by atoms with Gasteiger partial charge in [-0.2, -0.15) is 0 Å². The molecular formula is C21H28N2O5S. The molecule has 0 saturated heterocycles. The van der Waals surface area contributed by atoms with Gasteiger partial charge in [0.1, 0.15) is 11.5 Å². The molecule has 0 saturated carbocycles. The molecular weight excluding hydrogens is 392 g/mol. The summed E-state index contributed by atoms with van der Waals surface area (Å²) in [6.07, 6.45) is 1.81. The molecule has 0 unspecified atom stereocenters. The van der Waals surface area contributed by atoms with Crippen molar-refractivity contribution in [3.05, 3.63) is 54.1 Å². The molecule has 2 aromatic carbocycles. The Labute approximate surface area is 172 Å². The number of amides is 1. The molecule has 0 heterocycles. The molecule has 158 valence electrons. The van der Waals surface area contributed by atoms with Gasteiger partial charge >= 0.3 is 0 Å². The third-order valence-corrected chi connectivity index (χ3v) is 5.73. The summed E-state index contributed by atoms with van der Waals surface area (Å²) in [6, 6.07) is 14.3. The fourth-order valence-electron chi connectivity index (χ4n) is 2.98. The molecule has 8 heteroatoms. The molecule has 0 fully saturated rings. The molecule has 1 amide bonds. The monoisotopic (exact) mass is 420 g/mol. The number of nitrogens with zero attached hydrogens (tertiary/aromatic N) is 2. The van der Waals surface area contributed by atoms with E-state index in [9.17, 15) is 13.2 Å². The molecule has 29 heavy (non-hydrogen) atoms. The van der Waals surface area contributed by atoms with Crippen LogP contribution in [0.3, 0.4) is 0 Å². The van der Waals surface area contributed by atoms with E-state index in [4.69, 9.17) is 9.47 Å². The van der Waals surface area contributed by atoms with E-state index in [0.717, 1.165) is 17.6 Å². The Kier molecular flexibility index (Phi) is 7.90. The first-order valence-corrected chi connectivity index (χ1v) is 11.1. The lowest BCUT2D eigenvalue weighted by atomic mass is 10.2. The van der Waals surface area contributed by atoms with Crippen molar-refractivity contribution in [2.45, 2.75) is 19.4 Å². The number of benzene rings is 2. The Balaban J connectivity index is 1.96. The minimum atomic E-state index is -3.46. The zero-order valence-corrected chi connectivity index (χ0v) is 18.1. The first-order valence-electron chi connectivity index (χ1n) is 9.24. The molecule has 0 spiro atoms. The molecule has 0 radical (unpaired) electrons. The predicted octanol–water partition coefficient (Wildman–Crippen LogP) is 2.91. The Hall–Kier alpha value is -2.74. The summed E-state index contributed by atoms with van der Waals surface area (Å²) >= 11 is 0. The minimum Gasteiger partial charge on any atom is -0.497 e. The Morgan fingerprint density at radius 2 is 1.66 bits per heavy atom. The van der Waals surface area contributed by atoms with Crippen LogP contribution in [0.5, 0.6) is 11.5 Å². The molecule has 0 aliphatic heterocycles. The van der Waals surface area contributed by atoms with Gasteiger partial charge in [-0.1, -0.05) is 18.2 Å². The first-order chi connectivity index (χ1) is 13.8. The standard InChI is InChI=1S/C21H28N2O5S/c1-22(16-17-8-5-6-9-20(17)28-3)21(24)10-7-15-23(29(4,25)26)18-11-13-19(27-2)14-12-18/h5-6,8-9,11-14H,7,10,15-16H2,1-4H3. The number of rotatable bonds is 10. The molecule has 0 bridgehead atoms. The highest BCUT2D eigenvalue weighted by atomic mass is 32.2. The van der Waals surface area contributed by atoms with Gasteiger partial charge in [0.25, 0.3) is 0 Å². The van der Waals surface area contributed by atoms with Crippen molar-refractivity contribution < 1.29 is 22.7 Å². The Morgan fingerprint density at radius 3 is 2.24 bits per heavy atom. The van der Waals surface area contributed by atoms with Crippen molar-refractivity contribution in [1.82, 2.24) is 4.90 Å². The number of anilines is 1. The van der Waals surface area contributed by atoms with Gasteiger partial charge in [0, 0.05) is 32.1 Å². The van der Waals surface area contributed by atoms with Crippen LogP contribution in [0.15, 0.2) is 48.5 Å². The van der Waals surface area contributed by atoms with Crippen LogP contribution in [-0.4, -0.2) is 53.3 Å². The van der Waals surface area contributed by atoms with E-state index in [1.54, 1.807) is 50.4 Å². The van der Waals surface area contributed by atoms with Crippen LogP contribution >= 0.6 is 0 Å². The number of hydrogen-bond acceptors (Lipinski definition) is 5. The summed E-state index contributed by atoms with van der Waals surface area (Å²) in [5.41, 5.74) is 1.46. The van der Waals surface area contributed by atoms with Crippen LogP contribution in [0, 0.1) is 0 Å². The van der Waals surface area contributed by atoms with Crippen LogP contribution in [-0.2, 0) is 21.4 Å². The zero-order chi connectivity index (χ0) is 21.4. The number of hydrogen-bond donors (Lipinski definition) is 0. The number of carbonyl (C=O) groups excluding carboxylic acids is 1. The summed E-state index contributed by atoms with van der Waals surface area (Å²) in [7, 11) is 1.42. The second-order valence-electron chi connectivity index (χ2n) is 6.70. The van der Waals surface area contributed by atoms with E-state index in [1.807, 2.05) is 24.3 Å². The van der Waals surface area contributed by atoms with Crippen LogP contribution in [0.2, 0.25) is 0 Å². The summed E-state index contributed by atoms with van der Waals surface area (Å²) < 4.78 is 36.1. The highest BCUT2D eigenvalue weighted by molar-refractivity contribution is 7.92. The van der Waals surface area contributed by atoms with E-state index in [0.29, 0.717) is 24.4 Å². The van der Waals surface area contributed by atoms with Crippen molar-refractivity contribution in [3.8, 4) is 11.5 Å². The minimum absolute atomic E-state index is 0.0564. The van der Waals surface area contributed by atoms with Crippen LogP contribution < -0.4 is 13.8 Å². The summed E-state index contributed by atoms with van der Waals surface area (Å²) in [4.78, 5) is 14.1. The molecule has 0 aliphatic carbocycles. The normalized spacial score (nSPS) is 11.0. The van der Waals surface area contributed by atoms with Crippen molar-refractivity contribution in [3.63, 3.8) is 0 Å². The third kappa shape index (κ3) is 6.39. The number of ether oxygens (including phenoxy) is 2. The molecule has 2 rings (SSSR count). The largest absolute Gasteiger partial charge is 0.497 e. The first kappa shape index (κ1) is 22.5. The summed E-state index contributed by atoms with van der Waals surface area (Å²) in [5.74, 6) is 1.32. The van der Waals surface area contributed by atoms with Crippen molar-refractivity contribution in [1.29, 1.82) is 0 Å². The van der Waals surface area contributed by atoms with Crippen molar-refractivity contribution in [2.24, 2.45) is 0 Å². The van der Waals surface area contributed by atoms with Gasteiger partial charge in [-0.25, -0.2) is 8.42 Å². The lowest BCUT2D eigenvalue weighted by molar-refractivity contribution is -0.130. The maximum absolute atomic E-state index is 12.5. The average Bonchev–Trinajstić information content (AvgIpc) is 2.70. The van der Waals surface area contributed by atoms with Gasteiger partial charge in [0.05, 0.1) is 26.2 Å². The second-order valence-corrected chi connectivity index (χ2v) is 8.61. The fourth-order valence-corrected chi connectivity index (χ4v) is 3.94. The van der Waals surface area contributed by atoms with E-state index in [2.05, 4.69) is 0 Å². The van der Waals surface area contributed by atoms with E-state index in [1.165, 1.54) is 4.31 Å². The van der Waals surface area contributed by atoms with Crippen molar-refractivity contribution >= 4 is 21.6 Å². The van der Waals surface area contributed by atoms with Gasteiger partial charge in [-0.15, -0.1) is 0 Å².